The monoisotopic (exact) mass is 388 g/mol. The van der Waals surface area contributed by atoms with E-state index in [0.717, 1.165) is 12.2 Å². The SMILES string of the molecule is CC(C)Oc1ccc(NC(=O)c2ccc(N3CCCCS3(=O)=O)cc2)cc1. The molecule has 1 saturated heterocycles. The normalized spacial score (nSPS) is 16.2. The van der Waals surface area contributed by atoms with Gasteiger partial charge in [-0.2, -0.15) is 0 Å². The van der Waals surface area contributed by atoms with E-state index in [2.05, 4.69) is 5.32 Å². The van der Waals surface area contributed by atoms with Gasteiger partial charge in [0.25, 0.3) is 5.91 Å². The summed E-state index contributed by atoms with van der Waals surface area (Å²) in [4.78, 5) is 12.4. The smallest absolute Gasteiger partial charge is 0.255 e. The predicted molar refractivity (Wildman–Crippen MR) is 107 cm³/mol. The van der Waals surface area contributed by atoms with E-state index in [1.165, 1.54) is 4.31 Å². The van der Waals surface area contributed by atoms with Gasteiger partial charge in [-0.15, -0.1) is 0 Å². The van der Waals surface area contributed by atoms with E-state index < -0.39 is 10.0 Å². The first-order valence-electron chi connectivity index (χ1n) is 9.04. The number of amides is 1. The zero-order chi connectivity index (χ0) is 19.4. The second-order valence-corrected chi connectivity index (χ2v) is 8.80. The summed E-state index contributed by atoms with van der Waals surface area (Å²) in [5.74, 6) is 0.668. The summed E-state index contributed by atoms with van der Waals surface area (Å²) < 4.78 is 31.3. The fraction of sp³-hybridized carbons (Fsp3) is 0.350. The topological polar surface area (TPSA) is 75.7 Å². The molecule has 0 bridgehead atoms. The van der Waals surface area contributed by atoms with Gasteiger partial charge in [-0.1, -0.05) is 0 Å². The molecule has 0 saturated carbocycles. The number of hydrogen-bond donors (Lipinski definition) is 1. The van der Waals surface area contributed by atoms with Gasteiger partial charge in [0, 0.05) is 17.8 Å². The number of hydrogen-bond acceptors (Lipinski definition) is 4. The molecule has 1 aliphatic rings. The maximum atomic E-state index is 12.4. The Morgan fingerprint density at radius 2 is 1.70 bits per heavy atom. The lowest BCUT2D eigenvalue weighted by Gasteiger charge is -2.28. The van der Waals surface area contributed by atoms with E-state index in [9.17, 15) is 13.2 Å². The fourth-order valence-electron chi connectivity index (χ4n) is 2.95. The second-order valence-electron chi connectivity index (χ2n) is 6.79. The van der Waals surface area contributed by atoms with Gasteiger partial charge >= 0.3 is 0 Å². The molecule has 2 aromatic carbocycles. The molecule has 0 radical (unpaired) electrons. The van der Waals surface area contributed by atoms with Gasteiger partial charge in [-0.05, 0) is 75.2 Å². The van der Waals surface area contributed by atoms with Crippen LogP contribution >= 0.6 is 0 Å². The standard InChI is InChI=1S/C20H24N2O4S/c1-15(2)26-19-11-7-17(8-12-19)21-20(23)16-5-9-18(10-6-16)22-13-3-4-14-27(22,24)25/h5-12,15H,3-4,13-14H2,1-2H3,(H,21,23). The van der Waals surface area contributed by atoms with Gasteiger partial charge in [0.1, 0.15) is 5.75 Å². The highest BCUT2D eigenvalue weighted by molar-refractivity contribution is 7.92. The van der Waals surface area contributed by atoms with Gasteiger partial charge in [0.2, 0.25) is 10.0 Å². The molecule has 1 amide bonds. The van der Waals surface area contributed by atoms with Crippen LogP contribution < -0.4 is 14.4 Å². The van der Waals surface area contributed by atoms with Crippen LogP contribution in [0.15, 0.2) is 48.5 Å². The summed E-state index contributed by atoms with van der Waals surface area (Å²) in [5, 5.41) is 2.83. The lowest BCUT2D eigenvalue weighted by Crippen LogP contribution is -2.37. The molecule has 0 aliphatic carbocycles. The van der Waals surface area contributed by atoms with E-state index in [1.54, 1.807) is 48.5 Å². The number of rotatable bonds is 5. The lowest BCUT2D eigenvalue weighted by molar-refractivity contribution is 0.102. The molecule has 0 aromatic heterocycles. The fourth-order valence-corrected chi connectivity index (χ4v) is 4.59. The first-order valence-corrected chi connectivity index (χ1v) is 10.6. The summed E-state index contributed by atoms with van der Waals surface area (Å²) >= 11 is 0. The van der Waals surface area contributed by atoms with Gasteiger partial charge in [0.15, 0.2) is 0 Å². The predicted octanol–water partition coefficient (Wildman–Crippen LogP) is 3.66. The van der Waals surface area contributed by atoms with Crippen molar-refractivity contribution < 1.29 is 17.9 Å². The summed E-state index contributed by atoms with van der Waals surface area (Å²) in [6.45, 7) is 4.39. The molecule has 0 spiro atoms. The number of carbonyl (C=O) groups is 1. The Kier molecular flexibility index (Phi) is 5.70. The molecular formula is C20H24N2O4S. The number of benzene rings is 2. The van der Waals surface area contributed by atoms with Crippen LogP contribution in [0.5, 0.6) is 5.75 Å². The molecular weight excluding hydrogens is 364 g/mol. The van der Waals surface area contributed by atoms with Crippen molar-refractivity contribution in [3.8, 4) is 5.75 Å². The van der Waals surface area contributed by atoms with E-state index in [-0.39, 0.29) is 17.8 Å². The molecule has 1 N–H and O–H groups in total. The molecule has 0 unspecified atom stereocenters. The average Bonchev–Trinajstić information content (AvgIpc) is 2.63. The molecule has 7 heteroatoms. The molecule has 144 valence electrons. The van der Waals surface area contributed by atoms with Crippen molar-refractivity contribution in [2.24, 2.45) is 0 Å². The summed E-state index contributed by atoms with van der Waals surface area (Å²) in [7, 11) is -3.25. The van der Waals surface area contributed by atoms with Crippen molar-refractivity contribution in [2.75, 3.05) is 21.9 Å². The average molecular weight is 388 g/mol. The van der Waals surface area contributed by atoms with Crippen LogP contribution in [-0.2, 0) is 10.0 Å². The number of nitrogens with one attached hydrogen (secondary N) is 1. The largest absolute Gasteiger partial charge is 0.491 e. The third-order valence-corrected chi connectivity index (χ3v) is 6.12. The summed E-state index contributed by atoms with van der Waals surface area (Å²) in [6.07, 6.45) is 1.63. The number of carbonyl (C=O) groups excluding carboxylic acids is 1. The van der Waals surface area contributed by atoms with E-state index in [1.807, 2.05) is 13.8 Å². The number of anilines is 2. The molecule has 6 nitrogen and oxygen atoms in total. The van der Waals surface area contributed by atoms with Crippen molar-refractivity contribution >= 4 is 27.3 Å². The highest BCUT2D eigenvalue weighted by Gasteiger charge is 2.25. The van der Waals surface area contributed by atoms with Crippen LogP contribution in [0.25, 0.3) is 0 Å². The Balaban J connectivity index is 1.67. The van der Waals surface area contributed by atoms with E-state index in [4.69, 9.17) is 4.74 Å². The highest BCUT2D eigenvalue weighted by Crippen LogP contribution is 2.24. The number of nitrogens with zero attached hydrogens (tertiary/aromatic N) is 1. The van der Waals surface area contributed by atoms with Crippen LogP contribution in [0, 0.1) is 0 Å². The Labute approximate surface area is 160 Å². The molecule has 1 aliphatic heterocycles. The Morgan fingerprint density at radius 3 is 2.30 bits per heavy atom. The second kappa shape index (κ2) is 8.00. The van der Waals surface area contributed by atoms with Gasteiger partial charge in [0.05, 0.1) is 17.5 Å². The quantitative estimate of drug-likeness (QED) is 0.848. The first-order chi connectivity index (χ1) is 12.8. The zero-order valence-corrected chi connectivity index (χ0v) is 16.3. The molecule has 0 atom stereocenters. The van der Waals surface area contributed by atoms with Crippen molar-refractivity contribution in [1.82, 2.24) is 0 Å². The maximum Gasteiger partial charge on any atom is 0.255 e. The molecule has 1 fully saturated rings. The van der Waals surface area contributed by atoms with Crippen LogP contribution in [0.3, 0.4) is 0 Å². The van der Waals surface area contributed by atoms with Crippen molar-refractivity contribution in [1.29, 1.82) is 0 Å². The van der Waals surface area contributed by atoms with Gasteiger partial charge in [-0.3, -0.25) is 9.10 Å². The van der Waals surface area contributed by atoms with Crippen LogP contribution in [0.1, 0.15) is 37.0 Å². The minimum absolute atomic E-state index is 0.0904. The van der Waals surface area contributed by atoms with Crippen molar-refractivity contribution in [2.45, 2.75) is 32.8 Å². The molecule has 2 aromatic rings. The molecule has 27 heavy (non-hydrogen) atoms. The Bertz CT molecular complexity index is 891. The summed E-state index contributed by atoms with van der Waals surface area (Å²) in [6, 6.07) is 13.8. The zero-order valence-electron chi connectivity index (χ0n) is 15.5. The minimum atomic E-state index is -3.25. The van der Waals surface area contributed by atoms with Crippen LogP contribution in [-0.4, -0.2) is 32.7 Å². The van der Waals surface area contributed by atoms with Gasteiger partial charge < -0.3 is 10.1 Å². The highest BCUT2D eigenvalue weighted by atomic mass is 32.2. The van der Waals surface area contributed by atoms with Crippen LogP contribution in [0.4, 0.5) is 11.4 Å². The summed E-state index contributed by atoms with van der Waals surface area (Å²) in [5.41, 5.74) is 1.73. The lowest BCUT2D eigenvalue weighted by atomic mass is 10.2. The number of ether oxygens (including phenoxy) is 1. The molecule has 3 rings (SSSR count). The maximum absolute atomic E-state index is 12.4. The van der Waals surface area contributed by atoms with Crippen LogP contribution in [0.2, 0.25) is 0 Å². The minimum Gasteiger partial charge on any atom is -0.491 e. The Morgan fingerprint density at radius 1 is 1.04 bits per heavy atom. The molecule has 1 heterocycles. The van der Waals surface area contributed by atoms with Gasteiger partial charge in [-0.25, -0.2) is 8.42 Å². The third kappa shape index (κ3) is 4.80. The first kappa shape index (κ1) is 19.2. The van der Waals surface area contributed by atoms with E-state index in [0.29, 0.717) is 29.9 Å². The third-order valence-electron chi connectivity index (χ3n) is 4.25. The van der Waals surface area contributed by atoms with Crippen molar-refractivity contribution in [3.63, 3.8) is 0 Å². The van der Waals surface area contributed by atoms with Crippen molar-refractivity contribution in [3.05, 3.63) is 54.1 Å². The van der Waals surface area contributed by atoms with E-state index >= 15 is 0 Å². The Hall–Kier alpha value is -2.54. The number of sulfonamides is 1.